The molecule has 2 N–H and O–H groups in total. The molecular weight excluding hydrogens is 220 g/mol. The molecule has 0 aliphatic carbocycles. The first-order chi connectivity index (χ1) is 8.11. The van der Waals surface area contributed by atoms with E-state index in [0.29, 0.717) is 17.1 Å². The number of aromatic nitrogens is 4. The molecule has 0 spiro atoms. The van der Waals surface area contributed by atoms with Gasteiger partial charge in [0.25, 0.3) is 0 Å². The molecule has 2 aromatic rings. The van der Waals surface area contributed by atoms with E-state index in [9.17, 15) is 9.90 Å². The molecule has 0 radical (unpaired) electrons. The third kappa shape index (κ3) is 2.01. The second kappa shape index (κ2) is 4.32. The van der Waals surface area contributed by atoms with Crippen molar-refractivity contribution in [2.24, 2.45) is 0 Å². The topological polar surface area (TPSA) is 91.8 Å². The summed E-state index contributed by atoms with van der Waals surface area (Å²) >= 11 is 0. The highest BCUT2D eigenvalue weighted by Crippen LogP contribution is 2.25. The highest BCUT2D eigenvalue weighted by atomic mass is 16.4. The van der Waals surface area contributed by atoms with E-state index in [0.717, 1.165) is 0 Å². The highest BCUT2D eigenvalue weighted by Gasteiger charge is 2.23. The summed E-state index contributed by atoms with van der Waals surface area (Å²) in [5.74, 6) is -0.956. The fourth-order valence-corrected chi connectivity index (χ4v) is 1.60. The lowest BCUT2D eigenvalue weighted by Crippen LogP contribution is -2.03. The molecule has 0 unspecified atom stereocenters. The van der Waals surface area contributed by atoms with Gasteiger partial charge in [0.1, 0.15) is 17.0 Å². The summed E-state index contributed by atoms with van der Waals surface area (Å²) < 4.78 is 0. The van der Waals surface area contributed by atoms with Crippen molar-refractivity contribution in [3.05, 3.63) is 29.8 Å². The summed E-state index contributed by atoms with van der Waals surface area (Å²) in [5, 5.41) is 16.0. The molecule has 0 aromatic carbocycles. The van der Waals surface area contributed by atoms with Crippen LogP contribution in [0, 0.1) is 0 Å². The molecule has 6 heteroatoms. The first-order valence-electron chi connectivity index (χ1n) is 5.19. The molecule has 88 valence electrons. The summed E-state index contributed by atoms with van der Waals surface area (Å²) in [6.45, 7) is 3.81. The fourth-order valence-electron chi connectivity index (χ4n) is 1.60. The van der Waals surface area contributed by atoms with Crippen LogP contribution in [-0.2, 0) is 0 Å². The Hall–Kier alpha value is -2.24. The van der Waals surface area contributed by atoms with Crippen molar-refractivity contribution in [3.8, 4) is 11.4 Å². The third-order valence-corrected chi connectivity index (χ3v) is 2.39. The number of carbonyl (C=O) groups is 1. The SMILES string of the molecule is CC(C)c1[nH]nc(-c2cnccn2)c1C(=O)O. The van der Waals surface area contributed by atoms with Gasteiger partial charge in [-0.15, -0.1) is 0 Å². The Balaban J connectivity index is 2.60. The predicted octanol–water partition coefficient (Wildman–Crippen LogP) is 1.69. The van der Waals surface area contributed by atoms with Crippen LogP contribution < -0.4 is 0 Å². The van der Waals surface area contributed by atoms with Gasteiger partial charge in [0.15, 0.2) is 0 Å². The number of nitrogens with zero attached hydrogens (tertiary/aromatic N) is 3. The maximum Gasteiger partial charge on any atom is 0.339 e. The molecular formula is C11H12N4O2. The van der Waals surface area contributed by atoms with Gasteiger partial charge in [0, 0.05) is 12.4 Å². The lowest BCUT2D eigenvalue weighted by Gasteiger charge is -2.03. The largest absolute Gasteiger partial charge is 0.478 e. The standard InChI is InChI=1S/C11H12N4O2/c1-6(2)9-8(11(16)17)10(15-14-9)7-5-12-3-4-13-7/h3-6H,1-2H3,(H,14,15)(H,16,17). The summed E-state index contributed by atoms with van der Waals surface area (Å²) in [6, 6.07) is 0. The van der Waals surface area contributed by atoms with Crippen LogP contribution in [0.2, 0.25) is 0 Å². The van der Waals surface area contributed by atoms with Crippen LogP contribution in [-0.4, -0.2) is 31.2 Å². The average Bonchev–Trinajstić information content (AvgIpc) is 2.74. The number of aromatic amines is 1. The van der Waals surface area contributed by atoms with Crippen molar-refractivity contribution in [1.82, 2.24) is 20.2 Å². The summed E-state index contributed by atoms with van der Waals surface area (Å²) in [7, 11) is 0. The highest BCUT2D eigenvalue weighted by molar-refractivity contribution is 5.95. The molecule has 0 aliphatic rings. The minimum Gasteiger partial charge on any atom is -0.478 e. The lowest BCUT2D eigenvalue weighted by molar-refractivity contribution is 0.0696. The number of nitrogens with one attached hydrogen (secondary N) is 1. The summed E-state index contributed by atoms with van der Waals surface area (Å²) in [4.78, 5) is 19.2. The van der Waals surface area contributed by atoms with Crippen LogP contribution in [0.4, 0.5) is 0 Å². The van der Waals surface area contributed by atoms with Gasteiger partial charge in [-0.2, -0.15) is 5.10 Å². The van der Waals surface area contributed by atoms with Gasteiger partial charge in [0.2, 0.25) is 0 Å². The third-order valence-electron chi connectivity index (χ3n) is 2.39. The molecule has 0 saturated heterocycles. The van der Waals surface area contributed by atoms with Gasteiger partial charge in [-0.3, -0.25) is 15.1 Å². The molecule has 2 aromatic heterocycles. The molecule has 2 rings (SSSR count). The van der Waals surface area contributed by atoms with Gasteiger partial charge >= 0.3 is 5.97 Å². The van der Waals surface area contributed by atoms with E-state index in [1.54, 1.807) is 0 Å². The van der Waals surface area contributed by atoms with Crippen molar-refractivity contribution in [2.75, 3.05) is 0 Å². The monoisotopic (exact) mass is 232 g/mol. The van der Waals surface area contributed by atoms with E-state index in [1.165, 1.54) is 18.6 Å². The second-order valence-corrected chi connectivity index (χ2v) is 3.91. The lowest BCUT2D eigenvalue weighted by atomic mass is 10.0. The molecule has 2 heterocycles. The van der Waals surface area contributed by atoms with E-state index >= 15 is 0 Å². The molecule has 0 atom stereocenters. The number of carboxylic acids is 1. The van der Waals surface area contributed by atoms with Crippen molar-refractivity contribution >= 4 is 5.97 Å². The summed E-state index contributed by atoms with van der Waals surface area (Å²) in [5.41, 5.74) is 1.54. The van der Waals surface area contributed by atoms with Gasteiger partial charge in [-0.1, -0.05) is 13.8 Å². The number of H-pyrrole nitrogens is 1. The van der Waals surface area contributed by atoms with E-state index in [4.69, 9.17) is 0 Å². The Kier molecular flexibility index (Phi) is 2.86. The first-order valence-corrected chi connectivity index (χ1v) is 5.19. The molecule has 0 amide bonds. The van der Waals surface area contributed by atoms with E-state index < -0.39 is 5.97 Å². The van der Waals surface area contributed by atoms with Crippen molar-refractivity contribution < 1.29 is 9.90 Å². The smallest absolute Gasteiger partial charge is 0.339 e. The maximum absolute atomic E-state index is 11.3. The Labute approximate surface area is 97.7 Å². The average molecular weight is 232 g/mol. The molecule has 6 nitrogen and oxygen atoms in total. The maximum atomic E-state index is 11.3. The van der Waals surface area contributed by atoms with Crippen molar-refractivity contribution in [2.45, 2.75) is 19.8 Å². The Morgan fingerprint density at radius 2 is 2.18 bits per heavy atom. The normalized spacial score (nSPS) is 10.8. The van der Waals surface area contributed by atoms with Crippen LogP contribution in [0.1, 0.15) is 35.8 Å². The number of carboxylic acid groups (broad SMARTS) is 1. The minimum atomic E-state index is -1.01. The molecule has 0 fully saturated rings. The fraction of sp³-hybridized carbons (Fsp3) is 0.273. The Bertz CT molecular complexity index is 534. The first kappa shape index (κ1) is 11.3. The van der Waals surface area contributed by atoms with Crippen LogP contribution in [0.5, 0.6) is 0 Å². The zero-order chi connectivity index (χ0) is 12.4. The van der Waals surface area contributed by atoms with Crippen LogP contribution in [0.25, 0.3) is 11.4 Å². The zero-order valence-corrected chi connectivity index (χ0v) is 9.51. The quantitative estimate of drug-likeness (QED) is 0.840. The van der Waals surface area contributed by atoms with Gasteiger partial charge in [0.05, 0.1) is 11.9 Å². The van der Waals surface area contributed by atoms with Crippen LogP contribution in [0.15, 0.2) is 18.6 Å². The minimum absolute atomic E-state index is 0.0546. The number of aromatic carboxylic acids is 1. The van der Waals surface area contributed by atoms with Gasteiger partial charge in [-0.25, -0.2) is 4.79 Å². The number of hydrogen-bond donors (Lipinski definition) is 2. The predicted molar refractivity (Wildman–Crippen MR) is 60.7 cm³/mol. The Morgan fingerprint density at radius 3 is 2.71 bits per heavy atom. The second-order valence-electron chi connectivity index (χ2n) is 3.91. The van der Waals surface area contributed by atoms with Gasteiger partial charge < -0.3 is 5.11 Å². The molecule has 17 heavy (non-hydrogen) atoms. The van der Waals surface area contributed by atoms with Gasteiger partial charge in [-0.05, 0) is 5.92 Å². The van der Waals surface area contributed by atoms with Crippen molar-refractivity contribution in [3.63, 3.8) is 0 Å². The van der Waals surface area contributed by atoms with E-state index in [1.807, 2.05) is 13.8 Å². The molecule has 0 bridgehead atoms. The number of rotatable bonds is 3. The summed E-state index contributed by atoms with van der Waals surface area (Å²) in [6.07, 6.45) is 4.53. The zero-order valence-electron chi connectivity index (χ0n) is 9.51. The Morgan fingerprint density at radius 1 is 1.41 bits per heavy atom. The van der Waals surface area contributed by atoms with Crippen molar-refractivity contribution in [1.29, 1.82) is 0 Å². The number of hydrogen-bond acceptors (Lipinski definition) is 4. The van der Waals surface area contributed by atoms with Crippen LogP contribution in [0.3, 0.4) is 0 Å². The molecule has 0 saturated carbocycles. The van der Waals surface area contributed by atoms with Crippen LogP contribution >= 0.6 is 0 Å². The molecule has 0 aliphatic heterocycles. The van der Waals surface area contributed by atoms with E-state index in [2.05, 4.69) is 20.2 Å². The van der Waals surface area contributed by atoms with E-state index in [-0.39, 0.29) is 11.5 Å².